The molecule has 2 N–H and O–H groups in total. The Morgan fingerprint density at radius 1 is 1.00 bits per heavy atom. The maximum atomic E-state index is 12.9. The lowest BCUT2D eigenvalue weighted by atomic mass is 10.2. The summed E-state index contributed by atoms with van der Waals surface area (Å²) in [5.41, 5.74) is 3.20. The number of rotatable bonds is 5. The van der Waals surface area contributed by atoms with Gasteiger partial charge in [0.25, 0.3) is 5.91 Å². The summed E-state index contributed by atoms with van der Waals surface area (Å²) in [5.74, 6) is 0.464. The van der Waals surface area contributed by atoms with Crippen LogP contribution in [0.1, 0.15) is 10.5 Å². The zero-order valence-electron chi connectivity index (χ0n) is 16.5. The number of carbonyl (C=O) groups is 1. The second-order valence-electron chi connectivity index (χ2n) is 6.78. The molecule has 0 unspecified atom stereocenters. The van der Waals surface area contributed by atoms with Gasteiger partial charge in [-0.3, -0.25) is 13.9 Å². The lowest BCUT2D eigenvalue weighted by molar-refractivity contribution is 0.102. The molecule has 152 valence electrons. The molecule has 0 aliphatic heterocycles. The first-order valence-electron chi connectivity index (χ1n) is 9.44. The Bertz CT molecular complexity index is 1360. The molecule has 10 nitrogen and oxygen atoms in total. The summed E-state index contributed by atoms with van der Waals surface area (Å²) in [4.78, 5) is 29.8. The highest BCUT2D eigenvalue weighted by molar-refractivity contribution is 6.06. The van der Waals surface area contributed by atoms with Gasteiger partial charge in [-0.25, -0.2) is 15.0 Å². The number of aryl methyl sites for hydroxylation is 1. The lowest BCUT2D eigenvalue weighted by Crippen LogP contribution is -2.15. The molecular weight excluding hydrogens is 394 g/mol. The molecule has 10 heteroatoms. The van der Waals surface area contributed by atoms with Gasteiger partial charge in [-0.05, 0) is 6.07 Å². The van der Waals surface area contributed by atoms with Crippen LogP contribution in [-0.2, 0) is 7.05 Å². The Labute approximate surface area is 176 Å². The van der Waals surface area contributed by atoms with Crippen LogP contribution in [0.3, 0.4) is 0 Å². The summed E-state index contributed by atoms with van der Waals surface area (Å²) in [6.07, 6.45) is 10.1. The van der Waals surface area contributed by atoms with E-state index in [9.17, 15) is 4.79 Å². The van der Waals surface area contributed by atoms with E-state index in [1.54, 1.807) is 47.0 Å². The van der Waals surface area contributed by atoms with Crippen LogP contribution in [0.2, 0.25) is 0 Å². The lowest BCUT2D eigenvalue weighted by Gasteiger charge is -2.06. The maximum absolute atomic E-state index is 12.9. The number of nitrogens with one attached hydrogen (secondary N) is 2. The van der Waals surface area contributed by atoms with Crippen LogP contribution in [-0.4, -0.2) is 40.0 Å². The van der Waals surface area contributed by atoms with E-state index in [1.165, 1.54) is 6.33 Å². The van der Waals surface area contributed by atoms with E-state index in [-0.39, 0.29) is 5.69 Å². The predicted molar refractivity (Wildman–Crippen MR) is 115 cm³/mol. The highest BCUT2D eigenvalue weighted by Crippen LogP contribution is 2.21. The minimum atomic E-state index is -0.397. The van der Waals surface area contributed by atoms with Crippen molar-refractivity contribution in [3.63, 3.8) is 0 Å². The van der Waals surface area contributed by atoms with E-state index < -0.39 is 5.91 Å². The van der Waals surface area contributed by atoms with Gasteiger partial charge in [0.05, 0.1) is 29.5 Å². The summed E-state index contributed by atoms with van der Waals surface area (Å²) < 4.78 is 3.36. The fraction of sp³-hybridized carbons (Fsp3) is 0.0476. The number of anilines is 3. The molecule has 0 spiro atoms. The third kappa shape index (κ3) is 3.81. The number of aromatic nitrogens is 7. The molecule has 5 rings (SSSR count). The number of carbonyl (C=O) groups excluding carboxylic acids is 1. The SMILES string of the molecule is Cn1cc(Nc2cncnc2)c(C(=O)Nc2ccn3cc(-c4ccccc4)nc3n2)n1. The third-order valence-electron chi connectivity index (χ3n) is 4.52. The normalized spacial score (nSPS) is 10.9. The number of hydrogen-bond acceptors (Lipinski definition) is 7. The van der Waals surface area contributed by atoms with Crippen molar-refractivity contribution in [2.45, 2.75) is 0 Å². The second kappa shape index (κ2) is 7.67. The van der Waals surface area contributed by atoms with Gasteiger partial charge in [0.15, 0.2) is 5.69 Å². The Kier molecular flexibility index (Phi) is 4.56. The van der Waals surface area contributed by atoms with E-state index in [0.29, 0.717) is 23.0 Å². The van der Waals surface area contributed by atoms with Gasteiger partial charge in [-0.2, -0.15) is 10.1 Å². The molecule has 4 aromatic heterocycles. The summed E-state index contributed by atoms with van der Waals surface area (Å²) in [7, 11) is 1.74. The van der Waals surface area contributed by atoms with E-state index in [2.05, 4.69) is 35.7 Å². The van der Waals surface area contributed by atoms with Gasteiger partial charge >= 0.3 is 0 Å². The maximum Gasteiger partial charge on any atom is 0.279 e. The van der Waals surface area contributed by atoms with Crippen LogP contribution in [0.5, 0.6) is 0 Å². The summed E-state index contributed by atoms with van der Waals surface area (Å²) in [6, 6.07) is 11.5. The van der Waals surface area contributed by atoms with Crippen molar-refractivity contribution < 1.29 is 4.79 Å². The molecule has 5 aromatic rings. The first-order valence-corrected chi connectivity index (χ1v) is 9.44. The molecule has 0 saturated carbocycles. The number of hydrogen-bond donors (Lipinski definition) is 2. The van der Waals surface area contributed by atoms with Crippen LogP contribution in [0, 0.1) is 0 Å². The molecule has 1 aromatic carbocycles. The zero-order valence-corrected chi connectivity index (χ0v) is 16.5. The number of benzene rings is 1. The van der Waals surface area contributed by atoms with E-state index in [4.69, 9.17) is 0 Å². The quantitative estimate of drug-likeness (QED) is 0.457. The topological polar surface area (TPSA) is 115 Å². The highest BCUT2D eigenvalue weighted by atomic mass is 16.2. The van der Waals surface area contributed by atoms with Crippen molar-refractivity contribution in [3.05, 3.63) is 79.4 Å². The van der Waals surface area contributed by atoms with Crippen LogP contribution in [0.4, 0.5) is 17.2 Å². The van der Waals surface area contributed by atoms with Crippen LogP contribution >= 0.6 is 0 Å². The van der Waals surface area contributed by atoms with Gasteiger partial charge in [-0.1, -0.05) is 30.3 Å². The zero-order chi connectivity index (χ0) is 21.2. The van der Waals surface area contributed by atoms with Crippen molar-refractivity contribution in [1.82, 2.24) is 34.1 Å². The van der Waals surface area contributed by atoms with Crippen molar-refractivity contribution in [3.8, 4) is 11.3 Å². The van der Waals surface area contributed by atoms with Gasteiger partial charge in [0.1, 0.15) is 12.1 Å². The molecule has 31 heavy (non-hydrogen) atoms. The average Bonchev–Trinajstić information content (AvgIpc) is 3.38. The molecule has 0 bridgehead atoms. The van der Waals surface area contributed by atoms with E-state index in [0.717, 1.165) is 11.3 Å². The van der Waals surface area contributed by atoms with E-state index in [1.807, 2.05) is 36.5 Å². The minimum absolute atomic E-state index is 0.223. The largest absolute Gasteiger partial charge is 0.350 e. The van der Waals surface area contributed by atoms with Gasteiger partial charge in [0.2, 0.25) is 5.78 Å². The first kappa shape index (κ1) is 18.4. The third-order valence-corrected chi connectivity index (χ3v) is 4.52. The minimum Gasteiger partial charge on any atom is -0.350 e. The Balaban J connectivity index is 1.39. The van der Waals surface area contributed by atoms with Crippen LogP contribution in [0.15, 0.2) is 73.7 Å². The fourth-order valence-electron chi connectivity index (χ4n) is 3.13. The molecule has 0 aliphatic carbocycles. The molecule has 0 atom stereocenters. The average molecular weight is 411 g/mol. The Hall–Kier alpha value is -4.60. The fourth-order valence-corrected chi connectivity index (χ4v) is 3.13. The monoisotopic (exact) mass is 411 g/mol. The Morgan fingerprint density at radius 2 is 1.81 bits per heavy atom. The van der Waals surface area contributed by atoms with Crippen LogP contribution in [0.25, 0.3) is 17.0 Å². The number of imidazole rings is 1. The second-order valence-corrected chi connectivity index (χ2v) is 6.78. The number of amides is 1. The summed E-state index contributed by atoms with van der Waals surface area (Å²) in [6.45, 7) is 0. The van der Waals surface area contributed by atoms with E-state index >= 15 is 0 Å². The number of fused-ring (bicyclic) bond motifs is 1. The molecular formula is C21H17N9O. The molecule has 4 heterocycles. The van der Waals surface area contributed by atoms with Crippen LogP contribution < -0.4 is 10.6 Å². The molecule has 0 saturated heterocycles. The first-order chi connectivity index (χ1) is 15.2. The van der Waals surface area contributed by atoms with Gasteiger partial charge < -0.3 is 10.6 Å². The molecule has 1 amide bonds. The summed E-state index contributed by atoms with van der Waals surface area (Å²) in [5, 5.41) is 10.2. The highest BCUT2D eigenvalue weighted by Gasteiger charge is 2.18. The van der Waals surface area contributed by atoms with Crippen molar-refractivity contribution in [2.75, 3.05) is 10.6 Å². The van der Waals surface area contributed by atoms with Crippen molar-refractivity contribution in [2.24, 2.45) is 7.05 Å². The molecule has 0 fully saturated rings. The van der Waals surface area contributed by atoms with Gasteiger partial charge in [0, 0.05) is 31.2 Å². The van der Waals surface area contributed by atoms with Crippen molar-refractivity contribution >= 4 is 28.9 Å². The smallest absolute Gasteiger partial charge is 0.279 e. The molecule has 0 aliphatic rings. The Morgan fingerprint density at radius 3 is 2.61 bits per heavy atom. The standard InChI is InChI=1S/C21H17N9O/c1-29-11-17(24-15-9-22-13-23-10-15)19(28-29)20(31)26-18-7-8-30-12-16(25-21(30)27-18)14-5-3-2-4-6-14/h2-13,24H,1H3,(H,25,26,27,31). The number of nitrogens with zero attached hydrogens (tertiary/aromatic N) is 7. The van der Waals surface area contributed by atoms with Crippen molar-refractivity contribution in [1.29, 1.82) is 0 Å². The van der Waals surface area contributed by atoms with Gasteiger partial charge in [-0.15, -0.1) is 0 Å². The summed E-state index contributed by atoms with van der Waals surface area (Å²) >= 11 is 0. The molecule has 0 radical (unpaired) electrons. The predicted octanol–water partition coefficient (Wildman–Crippen LogP) is 2.92.